The predicted octanol–water partition coefficient (Wildman–Crippen LogP) is 6.08. The van der Waals surface area contributed by atoms with Gasteiger partial charge in [-0.3, -0.25) is 19.6 Å². The number of nitrogens with one attached hydrogen (secondary N) is 1. The van der Waals surface area contributed by atoms with Gasteiger partial charge in [0.25, 0.3) is 5.91 Å². The molecular formula is C32H46N6O4. The molecule has 1 aliphatic heterocycles. The molecule has 10 nitrogen and oxygen atoms in total. The van der Waals surface area contributed by atoms with Crippen molar-refractivity contribution in [1.29, 1.82) is 0 Å². The molecule has 2 N–H and O–H groups in total. The van der Waals surface area contributed by atoms with E-state index >= 15 is 0 Å². The monoisotopic (exact) mass is 578 g/mol. The summed E-state index contributed by atoms with van der Waals surface area (Å²) >= 11 is 0. The summed E-state index contributed by atoms with van der Waals surface area (Å²) in [5.41, 5.74) is 2.68. The molecule has 3 heterocycles. The minimum Gasteiger partial charge on any atom is -0.456 e. The highest BCUT2D eigenvalue weighted by Gasteiger charge is 2.15. The summed E-state index contributed by atoms with van der Waals surface area (Å²) in [6.45, 7) is 17.1. The highest BCUT2D eigenvalue weighted by molar-refractivity contribution is 6.38. The van der Waals surface area contributed by atoms with Gasteiger partial charge in [0.1, 0.15) is 29.6 Å². The summed E-state index contributed by atoms with van der Waals surface area (Å²) in [6, 6.07) is 10.8. The number of likely N-dealkylation sites (tertiary alicyclic amines) is 1. The minimum absolute atomic E-state index is 0.225. The van der Waals surface area contributed by atoms with Crippen molar-refractivity contribution in [2.75, 3.05) is 33.4 Å². The maximum atomic E-state index is 12.2. The molecule has 1 aromatic carbocycles. The number of benzene rings is 1. The molecule has 3 aromatic rings. The van der Waals surface area contributed by atoms with E-state index in [0.29, 0.717) is 23.8 Å². The van der Waals surface area contributed by atoms with Gasteiger partial charge in [-0.2, -0.15) is 0 Å². The van der Waals surface area contributed by atoms with Crippen molar-refractivity contribution >= 4 is 34.6 Å². The van der Waals surface area contributed by atoms with Gasteiger partial charge in [0.15, 0.2) is 0 Å². The molecule has 2 aromatic heterocycles. The van der Waals surface area contributed by atoms with E-state index in [2.05, 4.69) is 26.5 Å². The van der Waals surface area contributed by atoms with Crippen molar-refractivity contribution in [3.63, 3.8) is 0 Å². The molecule has 0 bridgehead atoms. The molecule has 0 unspecified atom stereocenters. The van der Waals surface area contributed by atoms with Crippen LogP contribution in [0.1, 0.15) is 70.6 Å². The van der Waals surface area contributed by atoms with E-state index in [-0.39, 0.29) is 24.2 Å². The number of carbonyl (C=O) groups excluding carboxylic acids is 2. The first-order valence-electron chi connectivity index (χ1n) is 14.4. The van der Waals surface area contributed by atoms with E-state index in [9.17, 15) is 14.7 Å². The zero-order chi connectivity index (χ0) is 31.5. The Balaban J connectivity index is 0.000000620. The first-order chi connectivity index (χ1) is 20.4. The van der Waals surface area contributed by atoms with Crippen molar-refractivity contribution in [3.05, 3.63) is 66.8 Å². The summed E-state index contributed by atoms with van der Waals surface area (Å²) in [6.07, 6.45) is 7.00. The van der Waals surface area contributed by atoms with Crippen LogP contribution in [-0.2, 0) is 4.79 Å². The quantitative estimate of drug-likeness (QED) is 0.248. The van der Waals surface area contributed by atoms with Crippen molar-refractivity contribution < 1.29 is 19.4 Å². The standard InChI is InChI=1S/C22H23N5O3.C6H11NO.2C2H6/c1-4-24-21(13-23-3)20-11-15-10-16(6-8-18(15)26-20)30-17-7-9-19(25-12-17)22(29)27(5-2)14-28;1-6(8)7-4-2-3-5-7;2*1-2/h4,6-13,26,28H,1,5,14H2,2-3H3;2-5H2,1H3;2*1-2H3. The zero-order valence-corrected chi connectivity index (χ0v) is 26.1. The topological polar surface area (TPSA) is 123 Å². The van der Waals surface area contributed by atoms with E-state index in [1.165, 1.54) is 30.1 Å². The average Bonchev–Trinajstić information content (AvgIpc) is 3.71. The number of hydrogen-bond acceptors (Lipinski definition) is 7. The molecule has 0 aliphatic carbocycles. The van der Waals surface area contributed by atoms with Crippen LogP contribution in [-0.4, -0.2) is 82.0 Å². The highest BCUT2D eigenvalue weighted by atomic mass is 16.5. The number of nitrogens with zero attached hydrogens (tertiary/aromatic N) is 5. The van der Waals surface area contributed by atoms with Gasteiger partial charge in [-0.05, 0) is 56.2 Å². The van der Waals surface area contributed by atoms with Crippen molar-refractivity contribution in [1.82, 2.24) is 19.8 Å². The Morgan fingerprint density at radius 2 is 1.79 bits per heavy atom. The highest BCUT2D eigenvalue weighted by Crippen LogP contribution is 2.26. The van der Waals surface area contributed by atoms with Crippen LogP contribution in [0.5, 0.6) is 11.5 Å². The number of aromatic nitrogens is 2. The van der Waals surface area contributed by atoms with Gasteiger partial charge in [0.05, 0.1) is 11.9 Å². The van der Waals surface area contributed by atoms with Gasteiger partial charge in [-0.25, -0.2) is 4.98 Å². The average molecular weight is 579 g/mol. The van der Waals surface area contributed by atoms with Gasteiger partial charge in [-0.1, -0.05) is 34.3 Å². The zero-order valence-electron chi connectivity index (χ0n) is 26.1. The Hall–Kier alpha value is -4.31. The first-order valence-corrected chi connectivity index (χ1v) is 14.4. The molecule has 0 saturated carbocycles. The van der Waals surface area contributed by atoms with Crippen LogP contribution in [0.2, 0.25) is 0 Å². The smallest absolute Gasteiger partial charge is 0.274 e. The Kier molecular flexibility index (Phi) is 16.8. The van der Waals surface area contributed by atoms with E-state index in [0.717, 1.165) is 29.7 Å². The van der Waals surface area contributed by atoms with Crippen LogP contribution in [0.4, 0.5) is 0 Å². The van der Waals surface area contributed by atoms with Crippen molar-refractivity contribution in [2.24, 2.45) is 9.98 Å². The Morgan fingerprint density at radius 1 is 1.12 bits per heavy atom. The second-order valence-corrected chi connectivity index (χ2v) is 8.51. The lowest BCUT2D eigenvalue weighted by molar-refractivity contribution is -0.127. The fourth-order valence-corrected chi connectivity index (χ4v) is 3.91. The number of aliphatic hydroxyl groups excluding tert-OH is 1. The van der Waals surface area contributed by atoms with Crippen LogP contribution < -0.4 is 4.74 Å². The third kappa shape index (κ3) is 10.6. The Labute approximate surface area is 249 Å². The number of H-pyrrole nitrogens is 1. The fraction of sp³-hybridized carbons (Fsp3) is 0.406. The Bertz CT molecular complexity index is 1300. The van der Waals surface area contributed by atoms with Crippen LogP contribution >= 0.6 is 0 Å². The number of carbonyl (C=O) groups is 2. The number of aromatic amines is 1. The normalized spacial score (nSPS) is 12.4. The van der Waals surface area contributed by atoms with E-state index in [1.54, 1.807) is 39.2 Å². The van der Waals surface area contributed by atoms with Crippen LogP contribution in [0.25, 0.3) is 10.9 Å². The minimum atomic E-state index is -0.350. The molecule has 0 atom stereocenters. The number of hydrogen-bond donors (Lipinski definition) is 2. The molecule has 0 radical (unpaired) electrons. The van der Waals surface area contributed by atoms with Crippen molar-refractivity contribution in [2.45, 2.75) is 54.4 Å². The molecule has 1 saturated heterocycles. The molecule has 42 heavy (non-hydrogen) atoms. The maximum absolute atomic E-state index is 12.2. The number of pyridine rings is 1. The third-order valence-corrected chi connectivity index (χ3v) is 5.93. The van der Waals surface area contributed by atoms with Crippen molar-refractivity contribution in [3.8, 4) is 11.5 Å². The largest absolute Gasteiger partial charge is 0.456 e. The number of fused-ring (bicyclic) bond motifs is 1. The Morgan fingerprint density at radius 3 is 2.29 bits per heavy atom. The molecule has 4 rings (SSSR count). The second kappa shape index (κ2) is 19.7. The van der Waals surface area contributed by atoms with Gasteiger partial charge >= 0.3 is 0 Å². The summed E-state index contributed by atoms with van der Waals surface area (Å²) in [7, 11) is 1.68. The third-order valence-electron chi connectivity index (χ3n) is 5.93. The number of ether oxygens (including phenoxy) is 1. The number of aliphatic imine (C=N–C) groups is 2. The number of amides is 2. The summed E-state index contributed by atoms with van der Waals surface area (Å²) in [5, 5.41) is 10.2. The van der Waals surface area contributed by atoms with E-state index < -0.39 is 0 Å². The van der Waals surface area contributed by atoms with Gasteiger partial charge in [0.2, 0.25) is 5.91 Å². The molecule has 1 aliphatic rings. The second-order valence-electron chi connectivity index (χ2n) is 8.51. The van der Waals surface area contributed by atoms with E-state index in [1.807, 2.05) is 56.9 Å². The molecule has 228 valence electrons. The van der Waals surface area contributed by atoms with Crippen LogP contribution in [0.15, 0.2) is 65.4 Å². The molecule has 2 amide bonds. The molecule has 1 fully saturated rings. The molecular weight excluding hydrogens is 532 g/mol. The summed E-state index contributed by atoms with van der Waals surface area (Å²) in [5.74, 6) is 1.02. The molecule has 0 spiro atoms. The fourth-order valence-electron chi connectivity index (χ4n) is 3.91. The number of rotatable bonds is 8. The maximum Gasteiger partial charge on any atom is 0.274 e. The lowest BCUT2D eigenvalue weighted by Crippen LogP contribution is -2.32. The lowest BCUT2D eigenvalue weighted by atomic mass is 10.2. The summed E-state index contributed by atoms with van der Waals surface area (Å²) in [4.78, 5) is 41.7. The number of aliphatic hydroxyl groups is 1. The first kappa shape index (κ1) is 35.7. The van der Waals surface area contributed by atoms with Gasteiger partial charge in [0, 0.05) is 56.9 Å². The van der Waals surface area contributed by atoms with Crippen LogP contribution in [0.3, 0.4) is 0 Å². The molecule has 10 heteroatoms. The predicted molar refractivity (Wildman–Crippen MR) is 172 cm³/mol. The SMILES string of the molecule is C=CN=C(C=NC)c1cc2cc(Oc3ccc(C(=O)N(CC)CO)nc3)ccc2[nH]1.CC.CC.CC(=O)N1CCCC1. The van der Waals surface area contributed by atoms with Gasteiger partial charge in [-0.15, -0.1) is 0 Å². The lowest BCUT2D eigenvalue weighted by Gasteiger charge is -2.16. The van der Waals surface area contributed by atoms with Gasteiger partial charge < -0.3 is 24.6 Å². The summed E-state index contributed by atoms with van der Waals surface area (Å²) < 4.78 is 5.88. The van der Waals surface area contributed by atoms with E-state index in [4.69, 9.17) is 4.74 Å². The van der Waals surface area contributed by atoms with Crippen LogP contribution in [0, 0.1) is 0 Å².